The fraction of sp³-hybridized carbons (Fsp3) is 0.435. The molecule has 32 heavy (non-hydrogen) atoms. The Morgan fingerprint density at radius 2 is 1.94 bits per heavy atom. The lowest BCUT2D eigenvalue weighted by Gasteiger charge is -2.30. The van der Waals surface area contributed by atoms with Crippen LogP contribution in [0.5, 0.6) is 0 Å². The number of carbonyl (C=O) groups is 2. The molecule has 1 aliphatic heterocycles. The minimum atomic E-state index is -0.405. The molecule has 0 atom stereocenters. The molecule has 0 spiro atoms. The van der Waals surface area contributed by atoms with Crippen LogP contribution in [-0.4, -0.2) is 49.2 Å². The molecule has 2 fully saturated rings. The Morgan fingerprint density at radius 3 is 2.53 bits per heavy atom. The predicted molar refractivity (Wildman–Crippen MR) is 134 cm³/mol. The molecule has 0 unspecified atom stereocenters. The van der Waals surface area contributed by atoms with Crippen molar-refractivity contribution in [2.45, 2.75) is 58.0 Å². The van der Waals surface area contributed by atoms with E-state index in [9.17, 15) is 9.59 Å². The minimum Gasteiger partial charge on any atom is -0.351 e. The van der Waals surface area contributed by atoms with Crippen LogP contribution >= 0.6 is 11.8 Å². The number of imide groups is 1. The largest absolute Gasteiger partial charge is 0.351 e. The van der Waals surface area contributed by atoms with Crippen molar-refractivity contribution in [2.24, 2.45) is 15.0 Å². The highest BCUT2D eigenvalue weighted by atomic mass is 32.2. The number of hydrogen-bond acceptors (Lipinski definition) is 6. The molecule has 0 radical (unpaired) electrons. The van der Waals surface area contributed by atoms with Crippen molar-refractivity contribution in [3.8, 4) is 0 Å². The highest BCUT2D eigenvalue weighted by Crippen LogP contribution is 2.25. The number of carbonyl (C=O) groups excluding carboxylic acids is 2. The van der Waals surface area contributed by atoms with Crippen molar-refractivity contribution >= 4 is 42.3 Å². The number of nitrogens with zero attached hydrogens (tertiary/aromatic N) is 3. The smallest absolute Gasteiger partial charge is 0.290 e. The van der Waals surface area contributed by atoms with Crippen molar-refractivity contribution in [3.63, 3.8) is 0 Å². The monoisotopic (exact) mass is 456 g/mol. The van der Waals surface area contributed by atoms with E-state index in [4.69, 9.17) is 0 Å². The first-order valence-electron chi connectivity index (χ1n) is 10.7. The molecule has 0 bridgehead atoms. The Balaban J connectivity index is 1.81. The molecule has 172 valence electrons. The van der Waals surface area contributed by atoms with Crippen LogP contribution in [0.1, 0.15) is 46.0 Å². The summed E-state index contributed by atoms with van der Waals surface area (Å²) in [5.74, 6) is 0.0151. The summed E-state index contributed by atoms with van der Waals surface area (Å²) in [4.78, 5) is 35.6. The average molecular weight is 457 g/mol. The van der Waals surface area contributed by atoms with Gasteiger partial charge in [-0.25, -0.2) is 9.98 Å². The highest BCUT2D eigenvalue weighted by Gasteiger charge is 2.25. The number of guanidine groups is 1. The second kappa shape index (κ2) is 13.6. The summed E-state index contributed by atoms with van der Waals surface area (Å²) in [6.07, 6.45) is 14.2. The predicted octanol–water partition coefficient (Wildman–Crippen LogP) is 3.85. The van der Waals surface area contributed by atoms with Gasteiger partial charge in [0.15, 0.2) is 0 Å². The molecule has 2 rings (SSSR count). The molecular formula is C23H32N6O2S. The van der Waals surface area contributed by atoms with Gasteiger partial charge in [-0.05, 0) is 89.8 Å². The first-order chi connectivity index (χ1) is 15.4. The van der Waals surface area contributed by atoms with Crippen LogP contribution in [0.3, 0.4) is 0 Å². The molecule has 0 aromatic carbocycles. The van der Waals surface area contributed by atoms with E-state index in [1.807, 2.05) is 13.0 Å². The Kier molecular flexibility index (Phi) is 10.8. The van der Waals surface area contributed by atoms with Gasteiger partial charge in [-0.1, -0.05) is 17.7 Å². The minimum absolute atomic E-state index is 0.270. The Morgan fingerprint density at radius 1 is 1.22 bits per heavy atom. The average Bonchev–Trinajstić information content (AvgIpc) is 3.10. The van der Waals surface area contributed by atoms with Crippen LogP contribution < -0.4 is 16.0 Å². The van der Waals surface area contributed by atoms with Gasteiger partial charge in [0.2, 0.25) is 5.96 Å². The van der Waals surface area contributed by atoms with Crippen molar-refractivity contribution < 1.29 is 9.59 Å². The van der Waals surface area contributed by atoms with Crippen LogP contribution in [0.2, 0.25) is 0 Å². The molecule has 1 saturated carbocycles. The molecule has 2 aliphatic rings. The first-order valence-corrected chi connectivity index (χ1v) is 11.5. The molecule has 9 heteroatoms. The van der Waals surface area contributed by atoms with E-state index < -0.39 is 5.91 Å². The van der Waals surface area contributed by atoms with Gasteiger partial charge >= 0.3 is 0 Å². The van der Waals surface area contributed by atoms with Gasteiger partial charge in [-0.15, -0.1) is 0 Å². The van der Waals surface area contributed by atoms with Crippen LogP contribution in [0.25, 0.3) is 0 Å². The Hall–Kier alpha value is -2.78. The quantitative estimate of drug-likeness (QED) is 0.211. The van der Waals surface area contributed by atoms with Gasteiger partial charge in [0.25, 0.3) is 11.1 Å². The highest BCUT2D eigenvalue weighted by molar-refractivity contribution is 8.18. The zero-order valence-electron chi connectivity index (χ0n) is 18.8. The van der Waals surface area contributed by atoms with Crippen molar-refractivity contribution in [3.05, 3.63) is 46.7 Å². The molecule has 1 heterocycles. The summed E-state index contributed by atoms with van der Waals surface area (Å²) in [6, 6.07) is 0.779. The molecule has 2 amide bonds. The molecular weight excluding hydrogens is 424 g/mol. The topological polar surface area (TPSA) is 107 Å². The molecule has 8 nitrogen and oxygen atoms in total. The van der Waals surface area contributed by atoms with Crippen LogP contribution in [0, 0.1) is 0 Å². The van der Waals surface area contributed by atoms with Crippen molar-refractivity contribution in [2.75, 3.05) is 6.54 Å². The maximum Gasteiger partial charge on any atom is 0.290 e. The molecule has 3 N–H and O–H groups in total. The summed E-state index contributed by atoms with van der Waals surface area (Å²) in [5, 5.41) is 8.86. The standard InChI is InChI=1S/C23H32N6O2S/c1-5-17(15-20-21(30)29-23(31)32-20)27-22(25-4)28-19-10-8-18(9-11-19)26-14-12-16(2)7-6-13-24-3/h5-7,13,15,18-19,26H,3-4,8-12,14H2,1-2H3,(H,27,28)(H,29,30,31)/b13-6-,16-7+,17-5-,20-15-/t18-,19-. The van der Waals surface area contributed by atoms with E-state index in [0.717, 1.165) is 50.4 Å². The number of nitrogens with one attached hydrogen (secondary N) is 3. The SMILES string of the molecule is C=N/C=C\C=C(/C)CCN[C@H]1CC[C@H](N/C(N=C)=N/C(=C\C)/C=C2\SC(=O)NC2=O)CC1. The number of hydrogen-bond donors (Lipinski definition) is 3. The normalized spacial score (nSPS) is 24.2. The van der Waals surface area contributed by atoms with Gasteiger partial charge in [-0.3, -0.25) is 19.9 Å². The number of allylic oxidation sites excluding steroid dienone is 4. The van der Waals surface area contributed by atoms with E-state index in [1.54, 1.807) is 18.4 Å². The van der Waals surface area contributed by atoms with E-state index in [2.05, 4.69) is 57.4 Å². The zero-order valence-corrected chi connectivity index (χ0v) is 19.6. The molecule has 1 aliphatic carbocycles. The van der Waals surface area contributed by atoms with Gasteiger partial charge in [0, 0.05) is 18.3 Å². The summed E-state index contributed by atoms with van der Waals surface area (Å²) in [7, 11) is 0. The van der Waals surface area contributed by atoms with Gasteiger partial charge < -0.3 is 10.6 Å². The summed E-state index contributed by atoms with van der Waals surface area (Å²) >= 11 is 0.865. The maximum atomic E-state index is 11.7. The first kappa shape index (κ1) is 25.5. The number of aliphatic imine (C=N–C) groups is 3. The van der Waals surface area contributed by atoms with Crippen LogP contribution in [0.15, 0.2) is 61.7 Å². The fourth-order valence-corrected chi connectivity index (χ4v) is 4.09. The Bertz CT molecular complexity index is 864. The third-order valence-electron chi connectivity index (χ3n) is 5.19. The van der Waals surface area contributed by atoms with Crippen molar-refractivity contribution in [1.82, 2.24) is 16.0 Å². The lowest BCUT2D eigenvalue weighted by molar-refractivity contribution is -0.115. The summed E-state index contributed by atoms with van der Waals surface area (Å²) in [5.41, 5.74) is 1.85. The lowest BCUT2D eigenvalue weighted by Crippen LogP contribution is -2.42. The molecule has 1 saturated heterocycles. The molecule has 0 aromatic heterocycles. The van der Waals surface area contributed by atoms with E-state index in [-0.39, 0.29) is 11.3 Å². The fourth-order valence-electron chi connectivity index (χ4n) is 3.42. The van der Waals surface area contributed by atoms with E-state index >= 15 is 0 Å². The van der Waals surface area contributed by atoms with E-state index in [1.165, 1.54) is 5.57 Å². The zero-order chi connectivity index (χ0) is 23.3. The van der Waals surface area contributed by atoms with Gasteiger partial charge in [0.1, 0.15) is 0 Å². The molecule has 0 aromatic rings. The maximum absolute atomic E-state index is 11.7. The summed E-state index contributed by atoms with van der Waals surface area (Å²) in [6.45, 7) is 11.9. The Labute approximate surface area is 194 Å². The van der Waals surface area contributed by atoms with Gasteiger partial charge in [0.05, 0.1) is 10.6 Å². The third-order valence-corrected chi connectivity index (χ3v) is 6.00. The third kappa shape index (κ3) is 8.76. The van der Waals surface area contributed by atoms with E-state index in [0.29, 0.717) is 22.6 Å². The second-order valence-corrected chi connectivity index (χ2v) is 8.61. The van der Waals surface area contributed by atoms with Gasteiger partial charge in [-0.2, -0.15) is 0 Å². The lowest BCUT2D eigenvalue weighted by atomic mass is 9.91. The number of amides is 2. The number of thioether (sulfide) groups is 1. The summed E-state index contributed by atoms with van der Waals surface area (Å²) < 4.78 is 0. The number of rotatable bonds is 9. The second-order valence-electron chi connectivity index (χ2n) is 7.59. The van der Waals surface area contributed by atoms with Crippen LogP contribution in [0.4, 0.5) is 4.79 Å². The van der Waals surface area contributed by atoms with Crippen LogP contribution in [-0.2, 0) is 4.79 Å². The van der Waals surface area contributed by atoms with Crippen molar-refractivity contribution in [1.29, 1.82) is 0 Å².